The fraction of sp³-hybridized carbons (Fsp3) is 0.333. The normalized spacial score (nSPS) is 10.8. The molecule has 0 radical (unpaired) electrons. The molecule has 0 bridgehead atoms. The summed E-state index contributed by atoms with van der Waals surface area (Å²) >= 11 is 0. The van der Waals surface area contributed by atoms with Crippen molar-refractivity contribution in [3.63, 3.8) is 0 Å². The molecule has 0 heterocycles. The van der Waals surface area contributed by atoms with Gasteiger partial charge in [-0.1, -0.05) is 12.1 Å². The highest BCUT2D eigenvalue weighted by atomic mass is 16.5. The average Bonchev–Trinajstić information content (AvgIpc) is 2.43. The highest BCUT2D eigenvalue weighted by Crippen LogP contribution is 2.08. The number of nitrogens with zero attached hydrogens (tertiary/aromatic N) is 1. The SMILES string of the molecule is COC(=O)CN(C(=O)/C=C/c1ccc(N)cc1)C(C)C. The van der Waals surface area contributed by atoms with Gasteiger partial charge in [0.2, 0.25) is 5.91 Å². The average molecular weight is 276 g/mol. The van der Waals surface area contributed by atoms with Crippen molar-refractivity contribution >= 4 is 23.6 Å². The van der Waals surface area contributed by atoms with Crippen LogP contribution in [0, 0.1) is 0 Å². The number of carbonyl (C=O) groups is 2. The highest BCUT2D eigenvalue weighted by Gasteiger charge is 2.18. The summed E-state index contributed by atoms with van der Waals surface area (Å²) in [4.78, 5) is 24.8. The Hall–Kier alpha value is -2.30. The lowest BCUT2D eigenvalue weighted by atomic mass is 10.2. The lowest BCUT2D eigenvalue weighted by Gasteiger charge is -2.23. The number of anilines is 1. The molecule has 0 spiro atoms. The fourth-order valence-electron chi connectivity index (χ4n) is 1.59. The van der Waals surface area contributed by atoms with E-state index in [1.165, 1.54) is 18.1 Å². The number of rotatable bonds is 5. The number of nitrogens with two attached hydrogens (primary N) is 1. The molecule has 0 aliphatic heterocycles. The van der Waals surface area contributed by atoms with Gasteiger partial charge in [0.1, 0.15) is 6.54 Å². The number of esters is 1. The summed E-state index contributed by atoms with van der Waals surface area (Å²) in [7, 11) is 1.30. The van der Waals surface area contributed by atoms with Crippen molar-refractivity contribution in [2.45, 2.75) is 19.9 Å². The summed E-state index contributed by atoms with van der Waals surface area (Å²) in [6.07, 6.45) is 3.13. The van der Waals surface area contributed by atoms with Crippen LogP contribution in [-0.4, -0.2) is 36.5 Å². The van der Waals surface area contributed by atoms with Gasteiger partial charge in [-0.3, -0.25) is 9.59 Å². The summed E-state index contributed by atoms with van der Waals surface area (Å²) in [5.41, 5.74) is 7.13. The number of amides is 1. The largest absolute Gasteiger partial charge is 0.468 e. The van der Waals surface area contributed by atoms with Gasteiger partial charge >= 0.3 is 5.97 Å². The first-order valence-electron chi connectivity index (χ1n) is 6.35. The summed E-state index contributed by atoms with van der Waals surface area (Å²) in [6.45, 7) is 3.63. The first-order chi connectivity index (χ1) is 9.43. The summed E-state index contributed by atoms with van der Waals surface area (Å²) in [5, 5.41) is 0. The number of hydrogen-bond acceptors (Lipinski definition) is 4. The number of methoxy groups -OCH3 is 1. The van der Waals surface area contributed by atoms with E-state index in [9.17, 15) is 9.59 Å². The zero-order valence-electron chi connectivity index (χ0n) is 12.0. The lowest BCUT2D eigenvalue weighted by Crippen LogP contribution is -2.40. The maximum Gasteiger partial charge on any atom is 0.325 e. The molecule has 108 valence electrons. The molecule has 1 amide bonds. The van der Waals surface area contributed by atoms with Crippen molar-refractivity contribution in [2.75, 3.05) is 19.4 Å². The van der Waals surface area contributed by atoms with Crippen molar-refractivity contribution in [1.29, 1.82) is 0 Å². The topological polar surface area (TPSA) is 72.6 Å². The molecular weight excluding hydrogens is 256 g/mol. The second kappa shape index (κ2) is 7.33. The number of nitrogen functional groups attached to an aromatic ring is 1. The van der Waals surface area contributed by atoms with Crippen molar-refractivity contribution in [2.24, 2.45) is 0 Å². The van der Waals surface area contributed by atoms with Gasteiger partial charge in [-0.15, -0.1) is 0 Å². The third kappa shape index (κ3) is 4.76. The molecule has 1 aromatic rings. The number of ether oxygens (including phenoxy) is 1. The Morgan fingerprint density at radius 2 is 1.90 bits per heavy atom. The fourth-order valence-corrected chi connectivity index (χ4v) is 1.59. The van der Waals surface area contributed by atoms with Crippen LogP contribution in [0.5, 0.6) is 0 Å². The lowest BCUT2D eigenvalue weighted by molar-refractivity contribution is -0.146. The molecule has 0 saturated carbocycles. The summed E-state index contributed by atoms with van der Waals surface area (Å²) < 4.78 is 4.59. The van der Waals surface area contributed by atoms with Crippen LogP contribution in [0.4, 0.5) is 5.69 Å². The van der Waals surface area contributed by atoms with Gasteiger partial charge in [-0.2, -0.15) is 0 Å². The molecule has 0 saturated heterocycles. The third-order valence-electron chi connectivity index (χ3n) is 2.79. The maximum atomic E-state index is 12.1. The molecule has 1 rings (SSSR count). The molecule has 0 fully saturated rings. The van der Waals surface area contributed by atoms with Crippen molar-refractivity contribution in [3.05, 3.63) is 35.9 Å². The van der Waals surface area contributed by atoms with E-state index in [-0.39, 0.29) is 18.5 Å². The molecule has 0 aliphatic carbocycles. The van der Waals surface area contributed by atoms with Gasteiger partial charge < -0.3 is 15.4 Å². The van der Waals surface area contributed by atoms with Crippen LogP contribution in [-0.2, 0) is 14.3 Å². The first kappa shape index (κ1) is 15.8. The van der Waals surface area contributed by atoms with E-state index in [1.807, 2.05) is 26.0 Å². The van der Waals surface area contributed by atoms with Crippen LogP contribution in [0.1, 0.15) is 19.4 Å². The van der Waals surface area contributed by atoms with Crippen molar-refractivity contribution in [3.8, 4) is 0 Å². The second-order valence-corrected chi connectivity index (χ2v) is 4.64. The Morgan fingerprint density at radius 1 is 1.30 bits per heavy atom. The van der Waals surface area contributed by atoms with Gasteiger partial charge in [0, 0.05) is 17.8 Å². The van der Waals surface area contributed by atoms with Crippen LogP contribution in [0.25, 0.3) is 6.08 Å². The van der Waals surface area contributed by atoms with E-state index >= 15 is 0 Å². The molecule has 1 aromatic carbocycles. The van der Waals surface area contributed by atoms with Gasteiger partial charge in [0.25, 0.3) is 0 Å². The highest BCUT2D eigenvalue weighted by molar-refractivity contribution is 5.93. The maximum absolute atomic E-state index is 12.1. The second-order valence-electron chi connectivity index (χ2n) is 4.64. The Balaban J connectivity index is 2.75. The first-order valence-corrected chi connectivity index (χ1v) is 6.35. The zero-order chi connectivity index (χ0) is 15.1. The minimum Gasteiger partial charge on any atom is -0.468 e. The van der Waals surface area contributed by atoms with E-state index < -0.39 is 5.97 Å². The number of hydrogen-bond donors (Lipinski definition) is 1. The molecule has 5 heteroatoms. The molecule has 0 aliphatic rings. The molecule has 0 unspecified atom stereocenters. The van der Waals surface area contributed by atoms with Crippen LogP contribution in [0.3, 0.4) is 0 Å². The van der Waals surface area contributed by atoms with Gasteiger partial charge in [0.15, 0.2) is 0 Å². The van der Waals surface area contributed by atoms with E-state index in [0.717, 1.165) is 5.56 Å². The molecule has 20 heavy (non-hydrogen) atoms. The minimum absolute atomic E-state index is 0.0565. The monoisotopic (exact) mass is 276 g/mol. The Labute approximate surface area is 119 Å². The number of benzene rings is 1. The minimum atomic E-state index is -0.437. The summed E-state index contributed by atoms with van der Waals surface area (Å²) in [5.74, 6) is -0.671. The Kier molecular flexibility index (Phi) is 5.77. The van der Waals surface area contributed by atoms with E-state index in [1.54, 1.807) is 18.2 Å². The van der Waals surface area contributed by atoms with Gasteiger partial charge in [-0.25, -0.2) is 0 Å². The predicted molar refractivity (Wildman–Crippen MR) is 78.8 cm³/mol. The van der Waals surface area contributed by atoms with Crippen LogP contribution < -0.4 is 5.73 Å². The van der Waals surface area contributed by atoms with Crippen LogP contribution in [0.2, 0.25) is 0 Å². The molecule has 0 atom stereocenters. The molecule has 2 N–H and O–H groups in total. The third-order valence-corrected chi connectivity index (χ3v) is 2.79. The smallest absolute Gasteiger partial charge is 0.325 e. The molecular formula is C15H20N2O3. The molecule has 0 aromatic heterocycles. The molecule has 5 nitrogen and oxygen atoms in total. The van der Waals surface area contributed by atoms with Crippen LogP contribution in [0.15, 0.2) is 30.3 Å². The quantitative estimate of drug-likeness (QED) is 0.504. The van der Waals surface area contributed by atoms with Gasteiger partial charge in [0.05, 0.1) is 7.11 Å². The van der Waals surface area contributed by atoms with Gasteiger partial charge in [-0.05, 0) is 37.6 Å². The standard InChI is InChI=1S/C15H20N2O3/c1-11(2)17(10-15(19)20-3)14(18)9-6-12-4-7-13(16)8-5-12/h4-9,11H,10,16H2,1-3H3/b9-6+. The van der Waals surface area contributed by atoms with Crippen LogP contribution >= 0.6 is 0 Å². The van der Waals surface area contributed by atoms with E-state index in [0.29, 0.717) is 5.69 Å². The van der Waals surface area contributed by atoms with Crippen molar-refractivity contribution in [1.82, 2.24) is 4.90 Å². The summed E-state index contributed by atoms with van der Waals surface area (Å²) in [6, 6.07) is 7.08. The Morgan fingerprint density at radius 3 is 2.40 bits per heavy atom. The number of carbonyl (C=O) groups excluding carboxylic acids is 2. The Bertz CT molecular complexity index is 492. The zero-order valence-corrected chi connectivity index (χ0v) is 12.0. The van der Waals surface area contributed by atoms with E-state index in [4.69, 9.17) is 5.73 Å². The predicted octanol–water partition coefficient (Wildman–Crippen LogP) is 1.69. The van der Waals surface area contributed by atoms with Crippen molar-refractivity contribution < 1.29 is 14.3 Å². The van der Waals surface area contributed by atoms with E-state index in [2.05, 4.69) is 4.74 Å².